The summed E-state index contributed by atoms with van der Waals surface area (Å²) in [5.41, 5.74) is 4.35. The molecule has 8 heteroatoms. The van der Waals surface area contributed by atoms with Gasteiger partial charge in [-0.15, -0.1) is 0 Å². The highest BCUT2D eigenvalue weighted by Crippen LogP contribution is 2.22. The average molecular weight is 381 g/mol. The molecule has 8 nitrogen and oxygen atoms in total. The van der Waals surface area contributed by atoms with Crippen LogP contribution in [0, 0.1) is 0 Å². The van der Waals surface area contributed by atoms with E-state index in [0.717, 1.165) is 27.7 Å². The van der Waals surface area contributed by atoms with Crippen molar-refractivity contribution in [3.63, 3.8) is 0 Å². The SMILES string of the molecule is Cn1cc(-c2ccc3cnc(NC(=O)c4ccc5nccnc5c4)cc3n2)cn1. The molecule has 5 aromatic rings. The van der Waals surface area contributed by atoms with Crippen LogP contribution in [-0.4, -0.2) is 35.6 Å². The Morgan fingerprint density at radius 1 is 0.931 bits per heavy atom. The van der Waals surface area contributed by atoms with Crippen LogP contribution >= 0.6 is 0 Å². The first kappa shape index (κ1) is 16.9. The van der Waals surface area contributed by atoms with Crippen molar-refractivity contribution in [1.29, 1.82) is 0 Å². The molecular weight excluding hydrogens is 366 g/mol. The van der Waals surface area contributed by atoms with Gasteiger partial charge in [0, 0.05) is 54.4 Å². The molecule has 0 aliphatic heterocycles. The molecule has 0 radical (unpaired) electrons. The number of aromatic nitrogens is 6. The normalized spacial score (nSPS) is 11.1. The van der Waals surface area contributed by atoms with E-state index in [4.69, 9.17) is 0 Å². The van der Waals surface area contributed by atoms with Crippen molar-refractivity contribution in [2.24, 2.45) is 7.05 Å². The van der Waals surface area contributed by atoms with E-state index in [1.54, 1.807) is 53.7 Å². The minimum atomic E-state index is -0.271. The fourth-order valence-corrected chi connectivity index (χ4v) is 3.09. The molecule has 1 N–H and O–H groups in total. The topological polar surface area (TPSA) is 98.5 Å². The summed E-state index contributed by atoms with van der Waals surface area (Å²) in [7, 11) is 1.86. The quantitative estimate of drug-likeness (QED) is 0.515. The molecule has 0 saturated carbocycles. The fourth-order valence-electron chi connectivity index (χ4n) is 3.09. The third kappa shape index (κ3) is 3.27. The van der Waals surface area contributed by atoms with Gasteiger partial charge in [-0.2, -0.15) is 5.10 Å². The monoisotopic (exact) mass is 381 g/mol. The van der Waals surface area contributed by atoms with Gasteiger partial charge in [0.2, 0.25) is 0 Å². The van der Waals surface area contributed by atoms with E-state index >= 15 is 0 Å². The molecule has 4 heterocycles. The number of rotatable bonds is 3. The van der Waals surface area contributed by atoms with Crippen molar-refractivity contribution < 1.29 is 4.79 Å². The second kappa shape index (κ2) is 6.75. The van der Waals surface area contributed by atoms with E-state index in [1.807, 2.05) is 25.4 Å². The number of amides is 1. The summed E-state index contributed by atoms with van der Waals surface area (Å²) in [6.45, 7) is 0. The molecule has 0 saturated heterocycles. The van der Waals surface area contributed by atoms with Gasteiger partial charge in [0.1, 0.15) is 5.82 Å². The number of hydrogen-bond acceptors (Lipinski definition) is 6. The Balaban J connectivity index is 1.45. The first-order chi connectivity index (χ1) is 14.2. The Kier molecular flexibility index (Phi) is 3.94. The average Bonchev–Trinajstić information content (AvgIpc) is 3.19. The lowest BCUT2D eigenvalue weighted by molar-refractivity contribution is 0.102. The number of anilines is 1. The van der Waals surface area contributed by atoms with Gasteiger partial charge in [0.05, 0.1) is 28.4 Å². The molecule has 5 rings (SSSR count). The van der Waals surface area contributed by atoms with Crippen molar-refractivity contribution in [3.05, 3.63) is 72.9 Å². The van der Waals surface area contributed by atoms with Crippen molar-refractivity contribution in [2.45, 2.75) is 0 Å². The highest BCUT2D eigenvalue weighted by molar-refractivity contribution is 6.06. The third-order valence-corrected chi connectivity index (χ3v) is 4.55. The van der Waals surface area contributed by atoms with Crippen LogP contribution in [0.25, 0.3) is 33.2 Å². The number of carbonyl (C=O) groups excluding carboxylic acids is 1. The number of pyridine rings is 2. The van der Waals surface area contributed by atoms with Crippen LogP contribution in [0.5, 0.6) is 0 Å². The van der Waals surface area contributed by atoms with Gasteiger partial charge in [-0.05, 0) is 30.3 Å². The zero-order valence-electron chi connectivity index (χ0n) is 15.4. The fraction of sp³-hybridized carbons (Fsp3) is 0.0476. The Labute approximate surface area is 165 Å². The van der Waals surface area contributed by atoms with Gasteiger partial charge in [-0.1, -0.05) is 0 Å². The van der Waals surface area contributed by atoms with Crippen LogP contribution in [0.2, 0.25) is 0 Å². The Morgan fingerprint density at radius 3 is 2.62 bits per heavy atom. The van der Waals surface area contributed by atoms with E-state index in [9.17, 15) is 4.79 Å². The number of benzene rings is 1. The second-order valence-corrected chi connectivity index (χ2v) is 6.58. The number of carbonyl (C=O) groups is 1. The first-order valence-electron chi connectivity index (χ1n) is 8.94. The number of aryl methyl sites for hydroxylation is 1. The summed E-state index contributed by atoms with van der Waals surface area (Å²) in [5, 5.41) is 7.89. The minimum absolute atomic E-state index is 0.271. The smallest absolute Gasteiger partial charge is 0.256 e. The second-order valence-electron chi connectivity index (χ2n) is 6.58. The van der Waals surface area contributed by atoms with Crippen LogP contribution in [0.15, 0.2) is 67.4 Å². The highest BCUT2D eigenvalue weighted by atomic mass is 16.1. The summed E-state index contributed by atoms with van der Waals surface area (Å²) < 4.78 is 1.73. The summed E-state index contributed by atoms with van der Waals surface area (Å²) in [5.74, 6) is 0.158. The molecule has 0 spiro atoms. The number of nitrogens with one attached hydrogen (secondary N) is 1. The first-order valence-corrected chi connectivity index (χ1v) is 8.94. The van der Waals surface area contributed by atoms with Crippen LogP contribution in [-0.2, 0) is 7.05 Å². The predicted molar refractivity (Wildman–Crippen MR) is 109 cm³/mol. The van der Waals surface area contributed by atoms with Gasteiger partial charge in [-0.25, -0.2) is 9.97 Å². The minimum Gasteiger partial charge on any atom is -0.306 e. The molecule has 1 aromatic carbocycles. The summed E-state index contributed by atoms with van der Waals surface area (Å²) in [6, 6.07) is 10.8. The standard InChI is InChI=1S/C21H15N7O/c1-28-12-15(11-25-28)16-4-3-14-10-24-20(9-18(14)26-16)27-21(29)13-2-5-17-19(8-13)23-7-6-22-17/h2-12H,1H3,(H,24,27,29). The lowest BCUT2D eigenvalue weighted by Crippen LogP contribution is -2.13. The Bertz CT molecular complexity index is 1380. The molecule has 0 aliphatic rings. The molecular formula is C21H15N7O. The largest absolute Gasteiger partial charge is 0.306 e. The molecule has 0 unspecified atom stereocenters. The Morgan fingerprint density at radius 2 is 1.79 bits per heavy atom. The van der Waals surface area contributed by atoms with Crippen molar-refractivity contribution >= 4 is 33.7 Å². The summed E-state index contributed by atoms with van der Waals surface area (Å²) in [4.78, 5) is 30.1. The maximum absolute atomic E-state index is 12.7. The lowest BCUT2D eigenvalue weighted by atomic mass is 10.1. The van der Waals surface area contributed by atoms with Gasteiger partial charge in [0.25, 0.3) is 5.91 Å². The van der Waals surface area contributed by atoms with Gasteiger partial charge in [0.15, 0.2) is 0 Å². The summed E-state index contributed by atoms with van der Waals surface area (Å²) >= 11 is 0. The van der Waals surface area contributed by atoms with Gasteiger partial charge >= 0.3 is 0 Å². The highest BCUT2D eigenvalue weighted by Gasteiger charge is 2.10. The van der Waals surface area contributed by atoms with Crippen LogP contribution in [0.3, 0.4) is 0 Å². The van der Waals surface area contributed by atoms with Crippen molar-refractivity contribution in [3.8, 4) is 11.3 Å². The van der Waals surface area contributed by atoms with Gasteiger partial charge in [-0.3, -0.25) is 19.4 Å². The van der Waals surface area contributed by atoms with Crippen LogP contribution < -0.4 is 5.32 Å². The number of fused-ring (bicyclic) bond motifs is 2. The molecule has 0 bridgehead atoms. The molecule has 29 heavy (non-hydrogen) atoms. The van der Waals surface area contributed by atoms with Crippen LogP contribution in [0.4, 0.5) is 5.82 Å². The van der Waals surface area contributed by atoms with Crippen LogP contribution in [0.1, 0.15) is 10.4 Å². The van der Waals surface area contributed by atoms with E-state index < -0.39 is 0 Å². The molecule has 1 amide bonds. The summed E-state index contributed by atoms with van der Waals surface area (Å²) in [6.07, 6.45) is 8.58. The molecule has 4 aromatic heterocycles. The van der Waals surface area contributed by atoms with E-state index in [1.165, 1.54) is 0 Å². The molecule has 0 aliphatic carbocycles. The maximum Gasteiger partial charge on any atom is 0.256 e. The molecule has 0 fully saturated rings. The number of nitrogens with zero attached hydrogens (tertiary/aromatic N) is 6. The zero-order chi connectivity index (χ0) is 19.8. The van der Waals surface area contributed by atoms with Crippen molar-refractivity contribution in [1.82, 2.24) is 29.7 Å². The Hall–Kier alpha value is -4.20. The third-order valence-electron chi connectivity index (χ3n) is 4.55. The van der Waals surface area contributed by atoms with Crippen molar-refractivity contribution in [2.75, 3.05) is 5.32 Å². The molecule has 0 atom stereocenters. The van der Waals surface area contributed by atoms with E-state index in [-0.39, 0.29) is 5.91 Å². The lowest BCUT2D eigenvalue weighted by Gasteiger charge is -2.07. The maximum atomic E-state index is 12.7. The molecule has 140 valence electrons. The van der Waals surface area contributed by atoms with E-state index in [2.05, 4.69) is 30.4 Å². The predicted octanol–water partition coefficient (Wildman–Crippen LogP) is 3.23. The zero-order valence-corrected chi connectivity index (χ0v) is 15.4. The number of hydrogen-bond donors (Lipinski definition) is 1. The van der Waals surface area contributed by atoms with E-state index in [0.29, 0.717) is 16.9 Å². The van der Waals surface area contributed by atoms with Gasteiger partial charge < -0.3 is 5.32 Å².